The molecule has 12 heavy (non-hydrogen) atoms. The third-order valence-electron chi connectivity index (χ3n) is 1.57. The lowest BCUT2D eigenvalue weighted by atomic mass is 10.0. The number of alkyl halides is 1. The minimum Gasteiger partial charge on any atom is -0.244 e. The Morgan fingerprint density at radius 1 is 1.33 bits per heavy atom. The van der Waals surface area contributed by atoms with Crippen LogP contribution in [-0.2, 0) is 6.42 Å². The van der Waals surface area contributed by atoms with Crippen molar-refractivity contribution in [2.24, 2.45) is 0 Å². The maximum atomic E-state index is 13.2. The minimum absolute atomic E-state index is 0.453. The second-order valence-electron chi connectivity index (χ2n) is 3.49. The zero-order valence-electron chi connectivity index (χ0n) is 7.27. The molecule has 0 amide bonds. The van der Waals surface area contributed by atoms with Crippen LogP contribution in [0.15, 0.2) is 28.7 Å². The molecule has 2 heteroatoms. The molecule has 0 unspecified atom stereocenters. The molecule has 0 aliphatic heterocycles. The fourth-order valence-electron chi connectivity index (χ4n) is 1.09. The fraction of sp³-hybridized carbons (Fsp3) is 0.400. The third kappa shape index (κ3) is 2.94. The van der Waals surface area contributed by atoms with E-state index in [1.807, 2.05) is 24.3 Å². The Bertz CT molecular complexity index is 263. The monoisotopic (exact) mass is 230 g/mol. The second-order valence-corrected chi connectivity index (χ2v) is 4.34. The summed E-state index contributed by atoms with van der Waals surface area (Å²) in [6.45, 7) is 3.18. The van der Waals surface area contributed by atoms with Crippen LogP contribution in [0, 0.1) is 0 Å². The Morgan fingerprint density at radius 2 is 1.92 bits per heavy atom. The van der Waals surface area contributed by atoms with Crippen LogP contribution < -0.4 is 0 Å². The summed E-state index contributed by atoms with van der Waals surface area (Å²) in [7, 11) is 0. The van der Waals surface area contributed by atoms with Gasteiger partial charge < -0.3 is 0 Å². The van der Waals surface area contributed by atoms with Crippen LogP contribution in [-0.4, -0.2) is 5.67 Å². The molecule has 0 aliphatic rings. The van der Waals surface area contributed by atoms with E-state index >= 15 is 0 Å². The maximum Gasteiger partial charge on any atom is 0.109 e. The molecule has 0 aliphatic carbocycles. The lowest BCUT2D eigenvalue weighted by Crippen LogP contribution is -2.15. The quantitative estimate of drug-likeness (QED) is 0.727. The molecule has 0 N–H and O–H groups in total. The zero-order chi connectivity index (χ0) is 9.19. The van der Waals surface area contributed by atoms with Gasteiger partial charge in [-0.05, 0) is 25.5 Å². The summed E-state index contributed by atoms with van der Waals surface area (Å²) in [6.07, 6.45) is 0.453. The molecule has 0 saturated heterocycles. The topological polar surface area (TPSA) is 0 Å². The minimum atomic E-state index is -1.14. The summed E-state index contributed by atoms with van der Waals surface area (Å²) in [5.74, 6) is 0. The molecule has 1 aromatic rings. The van der Waals surface area contributed by atoms with Gasteiger partial charge in [0.25, 0.3) is 0 Å². The predicted molar refractivity (Wildman–Crippen MR) is 53.0 cm³/mol. The molecular weight excluding hydrogens is 219 g/mol. The van der Waals surface area contributed by atoms with E-state index < -0.39 is 5.67 Å². The van der Waals surface area contributed by atoms with Gasteiger partial charge in [-0.2, -0.15) is 0 Å². The fourth-order valence-corrected chi connectivity index (χ4v) is 1.52. The zero-order valence-corrected chi connectivity index (χ0v) is 8.86. The van der Waals surface area contributed by atoms with E-state index in [0.717, 1.165) is 10.0 Å². The standard InChI is InChI=1S/C10H12BrF/c1-10(2,12)7-8-5-3-4-6-9(8)11/h3-6H,7H2,1-2H3. The Kier molecular flexibility index (Phi) is 2.89. The highest BCUT2D eigenvalue weighted by Gasteiger charge is 2.17. The first-order chi connectivity index (χ1) is 5.49. The molecular formula is C10H12BrF. The molecule has 0 atom stereocenters. The van der Waals surface area contributed by atoms with Gasteiger partial charge in [-0.3, -0.25) is 0 Å². The van der Waals surface area contributed by atoms with Gasteiger partial charge in [0.1, 0.15) is 5.67 Å². The first-order valence-corrected chi connectivity index (χ1v) is 4.71. The van der Waals surface area contributed by atoms with Crippen LogP contribution in [0.4, 0.5) is 4.39 Å². The molecule has 0 saturated carbocycles. The summed E-state index contributed by atoms with van der Waals surface area (Å²) in [5, 5.41) is 0. The van der Waals surface area contributed by atoms with E-state index in [4.69, 9.17) is 0 Å². The Hall–Kier alpha value is -0.370. The molecule has 1 rings (SSSR count). The first-order valence-electron chi connectivity index (χ1n) is 3.91. The van der Waals surface area contributed by atoms with Crippen molar-refractivity contribution in [3.8, 4) is 0 Å². The molecule has 0 radical (unpaired) electrons. The van der Waals surface area contributed by atoms with Gasteiger partial charge in [-0.1, -0.05) is 34.1 Å². The normalized spacial score (nSPS) is 11.7. The van der Waals surface area contributed by atoms with Crippen molar-refractivity contribution in [1.29, 1.82) is 0 Å². The highest BCUT2D eigenvalue weighted by molar-refractivity contribution is 9.10. The summed E-state index contributed by atoms with van der Waals surface area (Å²) < 4.78 is 14.2. The maximum absolute atomic E-state index is 13.2. The van der Waals surface area contributed by atoms with E-state index in [2.05, 4.69) is 15.9 Å². The van der Waals surface area contributed by atoms with Crippen LogP contribution in [0.2, 0.25) is 0 Å². The average Bonchev–Trinajstić information content (AvgIpc) is 1.91. The lowest BCUT2D eigenvalue weighted by Gasteiger charge is -2.14. The van der Waals surface area contributed by atoms with Gasteiger partial charge in [-0.25, -0.2) is 4.39 Å². The molecule has 0 heterocycles. The van der Waals surface area contributed by atoms with E-state index in [1.54, 1.807) is 13.8 Å². The van der Waals surface area contributed by atoms with Crippen LogP contribution in [0.5, 0.6) is 0 Å². The van der Waals surface area contributed by atoms with Crippen molar-refractivity contribution in [2.45, 2.75) is 25.9 Å². The number of halogens is 2. The van der Waals surface area contributed by atoms with E-state index in [0.29, 0.717) is 6.42 Å². The molecule has 0 bridgehead atoms. The summed E-state index contributed by atoms with van der Waals surface area (Å²) in [5.41, 5.74) is -0.117. The van der Waals surface area contributed by atoms with Crippen molar-refractivity contribution in [1.82, 2.24) is 0 Å². The van der Waals surface area contributed by atoms with Crippen molar-refractivity contribution in [3.63, 3.8) is 0 Å². The summed E-state index contributed by atoms with van der Waals surface area (Å²) in [6, 6.07) is 7.72. The first kappa shape index (κ1) is 9.72. The smallest absolute Gasteiger partial charge is 0.109 e. The van der Waals surface area contributed by atoms with Crippen LogP contribution >= 0.6 is 15.9 Å². The van der Waals surface area contributed by atoms with Gasteiger partial charge in [0.15, 0.2) is 0 Å². The highest BCUT2D eigenvalue weighted by Crippen LogP contribution is 2.22. The molecule has 0 nitrogen and oxygen atoms in total. The average molecular weight is 231 g/mol. The highest BCUT2D eigenvalue weighted by atomic mass is 79.9. The van der Waals surface area contributed by atoms with Gasteiger partial charge in [0.05, 0.1) is 0 Å². The number of rotatable bonds is 2. The summed E-state index contributed by atoms with van der Waals surface area (Å²) >= 11 is 3.38. The van der Waals surface area contributed by atoms with Crippen molar-refractivity contribution >= 4 is 15.9 Å². The van der Waals surface area contributed by atoms with Crippen LogP contribution in [0.25, 0.3) is 0 Å². The van der Waals surface area contributed by atoms with Gasteiger partial charge in [0, 0.05) is 10.9 Å². The van der Waals surface area contributed by atoms with Gasteiger partial charge >= 0.3 is 0 Å². The molecule has 0 spiro atoms. The Balaban J connectivity index is 2.83. The van der Waals surface area contributed by atoms with Crippen molar-refractivity contribution in [2.75, 3.05) is 0 Å². The van der Waals surface area contributed by atoms with Crippen LogP contribution in [0.1, 0.15) is 19.4 Å². The Morgan fingerprint density at radius 3 is 2.42 bits per heavy atom. The van der Waals surface area contributed by atoms with E-state index in [-0.39, 0.29) is 0 Å². The number of hydrogen-bond donors (Lipinski definition) is 0. The molecule has 0 aromatic heterocycles. The van der Waals surface area contributed by atoms with Gasteiger partial charge in [0.2, 0.25) is 0 Å². The predicted octanol–water partition coefficient (Wildman–Crippen LogP) is 3.74. The summed E-state index contributed by atoms with van der Waals surface area (Å²) in [4.78, 5) is 0. The molecule has 1 aromatic carbocycles. The third-order valence-corrected chi connectivity index (χ3v) is 2.34. The van der Waals surface area contributed by atoms with Crippen molar-refractivity contribution in [3.05, 3.63) is 34.3 Å². The van der Waals surface area contributed by atoms with Crippen molar-refractivity contribution < 1.29 is 4.39 Å². The Labute approximate surface area is 80.9 Å². The van der Waals surface area contributed by atoms with Gasteiger partial charge in [-0.15, -0.1) is 0 Å². The van der Waals surface area contributed by atoms with E-state index in [1.165, 1.54) is 0 Å². The van der Waals surface area contributed by atoms with E-state index in [9.17, 15) is 4.39 Å². The molecule has 66 valence electrons. The largest absolute Gasteiger partial charge is 0.244 e. The SMILES string of the molecule is CC(C)(F)Cc1ccccc1Br. The lowest BCUT2D eigenvalue weighted by molar-refractivity contribution is 0.217. The second kappa shape index (κ2) is 3.56. The molecule has 0 fully saturated rings. The number of hydrogen-bond acceptors (Lipinski definition) is 0. The number of benzene rings is 1. The van der Waals surface area contributed by atoms with Crippen LogP contribution in [0.3, 0.4) is 0 Å².